The Balaban J connectivity index is 1.77. The Bertz CT molecular complexity index is 145. The molecule has 0 aromatic rings. The Morgan fingerprint density at radius 3 is 2.67 bits per heavy atom. The molecule has 0 saturated carbocycles. The number of ether oxygens (including phenoxy) is 2. The van der Waals surface area contributed by atoms with Crippen LogP contribution in [0.25, 0.3) is 0 Å². The average molecular weight is 188 g/mol. The summed E-state index contributed by atoms with van der Waals surface area (Å²) in [7, 11) is 0. The van der Waals surface area contributed by atoms with Gasteiger partial charge in [0.2, 0.25) is 0 Å². The van der Waals surface area contributed by atoms with E-state index in [1.807, 2.05) is 11.8 Å². The first kappa shape index (κ1) is 8.85. The molecule has 0 aromatic carbocycles. The third kappa shape index (κ3) is 1.95. The van der Waals surface area contributed by atoms with E-state index >= 15 is 0 Å². The minimum atomic E-state index is 0.430. The molecule has 2 rings (SSSR count). The van der Waals surface area contributed by atoms with Crippen molar-refractivity contribution < 1.29 is 9.47 Å². The van der Waals surface area contributed by atoms with Crippen LogP contribution in [0.2, 0.25) is 0 Å². The van der Waals surface area contributed by atoms with Crippen molar-refractivity contribution in [1.29, 1.82) is 0 Å². The smallest absolute Gasteiger partial charge is 0.103 e. The molecule has 3 unspecified atom stereocenters. The molecule has 2 aliphatic heterocycles. The number of hydrogen-bond donors (Lipinski definition) is 0. The molecule has 12 heavy (non-hydrogen) atoms. The zero-order chi connectivity index (χ0) is 8.39. The summed E-state index contributed by atoms with van der Waals surface area (Å²) in [5.41, 5.74) is 0.458. The van der Waals surface area contributed by atoms with Gasteiger partial charge in [-0.2, -0.15) is 0 Å². The molecular formula is C9H16O2S. The van der Waals surface area contributed by atoms with Crippen LogP contribution in [0.3, 0.4) is 0 Å². The Hall–Kier alpha value is 0.270. The Morgan fingerprint density at radius 1 is 1.17 bits per heavy atom. The molecule has 0 spiro atoms. The maximum absolute atomic E-state index is 5.57. The lowest BCUT2D eigenvalue weighted by Crippen LogP contribution is -2.17. The maximum Gasteiger partial charge on any atom is 0.103 e. The number of hydrogen-bond acceptors (Lipinski definition) is 3. The third-order valence-corrected chi connectivity index (χ3v) is 4.17. The lowest BCUT2D eigenvalue weighted by atomic mass is 10.3. The third-order valence-electron chi connectivity index (χ3n) is 2.52. The SMILES string of the molecule is CC1OCCC1SC1CCCO1. The van der Waals surface area contributed by atoms with Gasteiger partial charge >= 0.3 is 0 Å². The van der Waals surface area contributed by atoms with Gasteiger partial charge in [-0.15, -0.1) is 11.8 Å². The molecule has 70 valence electrons. The molecule has 0 N–H and O–H groups in total. The first-order chi connectivity index (χ1) is 5.86. The summed E-state index contributed by atoms with van der Waals surface area (Å²) >= 11 is 1.98. The van der Waals surface area contributed by atoms with E-state index in [4.69, 9.17) is 9.47 Å². The monoisotopic (exact) mass is 188 g/mol. The maximum atomic E-state index is 5.57. The fourth-order valence-electron chi connectivity index (χ4n) is 1.74. The molecule has 2 aliphatic rings. The minimum absolute atomic E-state index is 0.430. The van der Waals surface area contributed by atoms with Crippen LogP contribution in [0, 0.1) is 0 Å². The fraction of sp³-hybridized carbons (Fsp3) is 1.00. The van der Waals surface area contributed by atoms with E-state index in [9.17, 15) is 0 Å². The molecule has 0 aliphatic carbocycles. The van der Waals surface area contributed by atoms with Crippen LogP contribution in [0.5, 0.6) is 0 Å². The highest BCUT2D eigenvalue weighted by Crippen LogP contribution is 2.34. The topological polar surface area (TPSA) is 18.5 Å². The van der Waals surface area contributed by atoms with Crippen molar-refractivity contribution in [3.63, 3.8) is 0 Å². The van der Waals surface area contributed by atoms with Gasteiger partial charge in [0.15, 0.2) is 0 Å². The van der Waals surface area contributed by atoms with E-state index in [2.05, 4.69) is 6.92 Å². The molecule has 0 bridgehead atoms. The van der Waals surface area contributed by atoms with Gasteiger partial charge in [0.1, 0.15) is 5.44 Å². The molecule has 2 heterocycles. The molecule has 0 amide bonds. The second-order valence-electron chi connectivity index (χ2n) is 3.48. The summed E-state index contributed by atoms with van der Waals surface area (Å²) in [5, 5.41) is 0.674. The van der Waals surface area contributed by atoms with E-state index in [1.165, 1.54) is 19.3 Å². The summed E-state index contributed by atoms with van der Waals surface area (Å²) in [6.07, 6.45) is 4.10. The molecular weight excluding hydrogens is 172 g/mol. The normalized spacial score (nSPS) is 42.2. The van der Waals surface area contributed by atoms with Gasteiger partial charge < -0.3 is 9.47 Å². The van der Waals surface area contributed by atoms with E-state index < -0.39 is 0 Å². The highest BCUT2D eigenvalue weighted by molar-refractivity contribution is 8.00. The van der Waals surface area contributed by atoms with Gasteiger partial charge in [-0.3, -0.25) is 0 Å². The lowest BCUT2D eigenvalue weighted by Gasteiger charge is -2.17. The number of rotatable bonds is 2. The van der Waals surface area contributed by atoms with Crippen molar-refractivity contribution in [1.82, 2.24) is 0 Å². The van der Waals surface area contributed by atoms with Crippen molar-refractivity contribution in [2.45, 2.75) is 43.0 Å². The van der Waals surface area contributed by atoms with Crippen molar-refractivity contribution >= 4 is 11.8 Å². The van der Waals surface area contributed by atoms with Gasteiger partial charge in [-0.05, 0) is 26.2 Å². The first-order valence-electron chi connectivity index (χ1n) is 4.75. The van der Waals surface area contributed by atoms with Crippen molar-refractivity contribution in [3.8, 4) is 0 Å². The minimum Gasteiger partial charge on any atom is -0.377 e. The standard InChI is InChI=1S/C9H16O2S/c1-7-8(4-6-10-7)12-9-3-2-5-11-9/h7-9H,2-6H2,1H3. The predicted molar refractivity (Wildman–Crippen MR) is 50.4 cm³/mol. The quantitative estimate of drug-likeness (QED) is 0.660. The summed E-state index contributed by atoms with van der Waals surface area (Å²) < 4.78 is 11.1. The molecule has 2 nitrogen and oxygen atoms in total. The van der Waals surface area contributed by atoms with Gasteiger partial charge in [-0.25, -0.2) is 0 Å². The zero-order valence-corrected chi connectivity index (χ0v) is 8.31. The van der Waals surface area contributed by atoms with Gasteiger partial charge in [0.05, 0.1) is 6.10 Å². The van der Waals surface area contributed by atoms with Crippen LogP contribution in [0.4, 0.5) is 0 Å². The van der Waals surface area contributed by atoms with Crippen molar-refractivity contribution in [3.05, 3.63) is 0 Å². The van der Waals surface area contributed by atoms with Crippen LogP contribution in [0.1, 0.15) is 26.2 Å². The van der Waals surface area contributed by atoms with Crippen LogP contribution in [-0.4, -0.2) is 30.0 Å². The summed E-state index contributed by atoms with van der Waals surface area (Å²) in [6, 6.07) is 0. The van der Waals surface area contributed by atoms with Gasteiger partial charge in [-0.1, -0.05) is 0 Å². The van der Waals surface area contributed by atoms with Crippen molar-refractivity contribution in [2.75, 3.05) is 13.2 Å². The molecule has 3 heteroatoms. The fourth-order valence-corrected chi connectivity index (χ4v) is 3.14. The Morgan fingerprint density at radius 2 is 2.08 bits per heavy atom. The molecule has 2 fully saturated rings. The van der Waals surface area contributed by atoms with E-state index in [1.54, 1.807) is 0 Å². The molecule has 0 aromatic heterocycles. The number of thioether (sulfide) groups is 1. The van der Waals surface area contributed by atoms with Gasteiger partial charge in [0, 0.05) is 18.5 Å². The molecule has 0 radical (unpaired) electrons. The first-order valence-corrected chi connectivity index (χ1v) is 5.69. The summed E-state index contributed by atoms with van der Waals surface area (Å²) in [4.78, 5) is 0. The second kappa shape index (κ2) is 3.99. The summed E-state index contributed by atoms with van der Waals surface area (Å²) in [5.74, 6) is 0. The zero-order valence-electron chi connectivity index (χ0n) is 7.49. The van der Waals surface area contributed by atoms with E-state index in [0.29, 0.717) is 16.8 Å². The van der Waals surface area contributed by atoms with E-state index in [0.717, 1.165) is 13.2 Å². The second-order valence-corrected chi connectivity index (χ2v) is 4.89. The average Bonchev–Trinajstić information content (AvgIpc) is 2.65. The lowest BCUT2D eigenvalue weighted by molar-refractivity contribution is 0.126. The van der Waals surface area contributed by atoms with Crippen molar-refractivity contribution in [2.24, 2.45) is 0 Å². The van der Waals surface area contributed by atoms with Crippen LogP contribution in [0.15, 0.2) is 0 Å². The predicted octanol–water partition coefficient (Wildman–Crippen LogP) is 2.03. The highest BCUT2D eigenvalue weighted by atomic mass is 32.2. The molecule has 2 saturated heterocycles. The Kier molecular flexibility index (Phi) is 2.94. The largest absolute Gasteiger partial charge is 0.377 e. The van der Waals surface area contributed by atoms with Crippen LogP contribution in [-0.2, 0) is 9.47 Å². The van der Waals surface area contributed by atoms with Crippen LogP contribution < -0.4 is 0 Å². The van der Waals surface area contributed by atoms with Crippen LogP contribution >= 0.6 is 11.8 Å². The Labute approximate surface area is 78.0 Å². The van der Waals surface area contributed by atoms with Gasteiger partial charge in [0.25, 0.3) is 0 Å². The van der Waals surface area contributed by atoms with E-state index in [-0.39, 0.29) is 0 Å². The molecule has 3 atom stereocenters. The summed E-state index contributed by atoms with van der Waals surface area (Å²) in [6.45, 7) is 4.06. The highest BCUT2D eigenvalue weighted by Gasteiger charge is 2.29.